The van der Waals surface area contributed by atoms with Crippen LogP contribution >= 0.6 is 22.9 Å². The maximum atomic E-state index is 13.3. The van der Waals surface area contributed by atoms with Gasteiger partial charge in [-0.25, -0.2) is 0 Å². The Labute approximate surface area is 334 Å². The van der Waals surface area contributed by atoms with Crippen molar-refractivity contribution in [3.8, 4) is 11.8 Å². The van der Waals surface area contributed by atoms with Gasteiger partial charge in [0, 0.05) is 47.4 Å². The molecule has 2 aromatic carbocycles. The summed E-state index contributed by atoms with van der Waals surface area (Å²) in [4.78, 5) is 48.9. The number of nitrogens with zero attached hydrogens (tertiary/aromatic N) is 6. The van der Waals surface area contributed by atoms with E-state index < -0.39 is 6.04 Å². The van der Waals surface area contributed by atoms with Crippen LogP contribution in [0.4, 0.5) is 5.00 Å². The number of piperidine rings is 2. The van der Waals surface area contributed by atoms with E-state index in [0.29, 0.717) is 29.5 Å². The maximum Gasteiger partial charge on any atom is 0.255 e. The van der Waals surface area contributed by atoms with E-state index in [9.17, 15) is 14.4 Å². The molecular weight excluding hydrogens is 746 g/mol. The maximum absolute atomic E-state index is 13.3. The van der Waals surface area contributed by atoms with Crippen LogP contribution in [0.15, 0.2) is 59.9 Å². The summed E-state index contributed by atoms with van der Waals surface area (Å²) in [6.07, 6.45) is 7.41. The van der Waals surface area contributed by atoms with Gasteiger partial charge >= 0.3 is 0 Å². The Morgan fingerprint density at radius 2 is 1.84 bits per heavy atom. The molecule has 56 heavy (non-hydrogen) atoms. The van der Waals surface area contributed by atoms with Crippen molar-refractivity contribution in [1.29, 1.82) is 10.8 Å². The number of halogens is 1. The zero-order valence-electron chi connectivity index (χ0n) is 31.3. The monoisotopic (exact) mass is 787 g/mol. The summed E-state index contributed by atoms with van der Waals surface area (Å²) >= 11 is 7.65. The van der Waals surface area contributed by atoms with E-state index >= 15 is 0 Å². The third-order valence-corrected chi connectivity index (χ3v) is 12.6. The molecular formula is C42H42ClN9O3S. The molecule has 2 saturated heterocycles. The number of likely N-dealkylation sites (tertiary alicyclic amines) is 1. The van der Waals surface area contributed by atoms with Crippen LogP contribution < -0.4 is 10.2 Å². The molecule has 1 unspecified atom stereocenters. The number of thiophene rings is 1. The summed E-state index contributed by atoms with van der Waals surface area (Å²) in [5.74, 6) is 6.88. The molecule has 286 valence electrons. The van der Waals surface area contributed by atoms with Crippen LogP contribution in [-0.4, -0.2) is 86.9 Å². The lowest BCUT2D eigenvalue weighted by atomic mass is 9.87. The Kier molecular flexibility index (Phi) is 10.5. The summed E-state index contributed by atoms with van der Waals surface area (Å²) in [5, 5.41) is 25.5. The lowest BCUT2D eigenvalue weighted by Crippen LogP contribution is -2.52. The average Bonchev–Trinajstić information content (AvgIpc) is 3.84. The number of amides is 3. The third kappa shape index (κ3) is 7.44. The first-order valence-electron chi connectivity index (χ1n) is 18.9. The number of amidine groups is 2. The molecule has 4 aromatic rings. The van der Waals surface area contributed by atoms with Crippen molar-refractivity contribution >= 4 is 63.0 Å². The van der Waals surface area contributed by atoms with Crippen molar-refractivity contribution in [1.82, 2.24) is 24.9 Å². The highest BCUT2D eigenvalue weighted by molar-refractivity contribution is 7.17. The molecule has 6 heterocycles. The van der Waals surface area contributed by atoms with E-state index in [1.807, 2.05) is 54.2 Å². The second-order valence-electron chi connectivity index (χ2n) is 14.9. The molecule has 0 saturated carbocycles. The number of hydrogen-bond acceptors (Lipinski definition) is 9. The predicted molar refractivity (Wildman–Crippen MR) is 218 cm³/mol. The number of aliphatic imine (C=N–C) groups is 1. The van der Waals surface area contributed by atoms with Gasteiger partial charge in [0.1, 0.15) is 22.7 Å². The molecule has 2 aromatic heterocycles. The highest BCUT2D eigenvalue weighted by atomic mass is 35.5. The van der Waals surface area contributed by atoms with Crippen molar-refractivity contribution in [2.45, 2.75) is 65.1 Å². The SMILES string of the molecule is CC(=N)N1C(=N)CN=C(c2ccc(Cl)cc2)c2c1sc(C#Cc1cnn(CCN3CCC(Cc4cccc5c4CN(C4CCC(=O)NC4=O)C5=O)CC3)c1)c2C. The third-order valence-electron chi connectivity index (χ3n) is 11.2. The molecule has 4 aliphatic rings. The predicted octanol–water partition coefficient (Wildman–Crippen LogP) is 5.65. The number of benzene rings is 2. The highest BCUT2D eigenvalue weighted by Gasteiger charge is 2.40. The van der Waals surface area contributed by atoms with Crippen LogP contribution in [-0.2, 0) is 29.1 Å². The van der Waals surface area contributed by atoms with Crippen molar-refractivity contribution in [3.63, 3.8) is 0 Å². The first kappa shape index (κ1) is 37.5. The molecule has 12 nitrogen and oxygen atoms in total. The van der Waals surface area contributed by atoms with Gasteiger partial charge in [0.2, 0.25) is 11.8 Å². The fourth-order valence-electron chi connectivity index (χ4n) is 8.17. The molecule has 4 aliphatic heterocycles. The summed E-state index contributed by atoms with van der Waals surface area (Å²) in [6.45, 7) is 7.89. The zero-order valence-corrected chi connectivity index (χ0v) is 32.9. The van der Waals surface area contributed by atoms with E-state index in [4.69, 9.17) is 27.4 Å². The second-order valence-corrected chi connectivity index (χ2v) is 16.3. The Bertz CT molecular complexity index is 2360. The normalized spacial score (nSPS) is 18.9. The Morgan fingerprint density at radius 3 is 2.59 bits per heavy atom. The Balaban J connectivity index is 0.882. The molecule has 3 N–H and O–H groups in total. The molecule has 0 spiro atoms. The number of carbonyl (C=O) groups is 3. The van der Waals surface area contributed by atoms with E-state index in [1.54, 1.807) is 22.9 Å². The quantitative estimate of drug-likeness (QED) is 0.0954. The number of rotatable bonds is 7. The number of anilines is 1. The van der Waals surface area contributed by atoms with Crippen LogP contribution in [0.5, 0.6) is 0 Å². The minimum atomic E-state index is -0.603. The number of nitrogens with one attached hydrogen (secondary N) is 3. The standard InChI is InChI=1S/C42H42ClN9O3S/c1-25-35(56-42-38(25)39(29-7-9-31(43)10-8-29)46-22-36(45)52(42)26(2)44)12-6-28-21-47-50(23-28)19-18-49-16-14-27(15-17-49)20-30-4-3-5-32-33(30)24-51(41(32)55)34-11-13-37(53)48-40(34)54/h3-5,7-10,21,23,27,34,44-45H,11,13-20,22,24H2,1-2H3,(H,48,53,54). The fourth-order valence-corrected chi connectivity index (χ4v) is 9.53. The van der Waals surface area contributed by atoms with Crippen molar-refractivity contribution in [3.05, 3.63) is 104 Å². The first-order valence-corrected chi connectivity index (χ1v) is 20.1. The van der Waals surface area contributed by atoms with Gasteiger partial charge in [0.25, 0.3) is 5.91 Å². The van der Waals surface area contributed by atoms with Crippen LogP contribution in [0.1, 0.15) is 81.2 Å². The van der Waals surface area contributed by atoms with Crippen molar-refractivity contribution < 1.29 is 14.4 Å². The zero-order chi connectivity index (χ0) is 39.1. The van der Waals surface area contributed by atoms with Crippen LogP contribution in [0.2, 0.25) is 5.02 Å². The molecule has 0 bridgehead atoms. The molecule has 14 heteroatoms. The molecule has 0 radical (unpaired) electrons. The molecule has 3 amide bonds. The van der Waals surface area contributed by atoms with Gasteiger partial charge in [0.15, 0.2) is 0 Å². The van der Waals surface area contributed by atoms with E-state index in [1.165, 1.54) is 16.9 Å². The summed E-state index contributed by atoms with van der Waals surface area (Å²) in [7, 11) is 0. The molecule has 2 fully saturated rings. The minimum absolute atomic E-state index is 0.124. The van der Waals surface area contributed by atoms with Crippen LogP contribution in [0, 0.1) is 35.5 Å². The molecule has 8 rings (SSSR count). The minimum Gasteiger partial charge on any atom is -0.322 e. The largest absolute Gasteiger partial charge is 0.322 e. The number of fused-ring (bicyclic) bond motifs is 2. The van der Waals surface area contributed by atoms with Gasteiger partial charge in [-0.1, -0.05) is 47.7 Å². The number of hydrogen-bond donors (Lipinski definition) is 3. The van der Waals surface area contributed by atoms with Gasteiger partial charge in [-0.3, -0.25) is 45.1 Å². The summed E-state index contributed by atoms with van der Waals surface area (Å²) < 4.78 is 1.94. The summed E-state index contributed by atoms with van der Waals surface area (Å²) in [5.41, 5.74) is 7.20. The van der Waals surface area contributed by atoms with E-state index in [0.717, 1.165) is 88.8 Å². The van der Waals surface area contributed by atoms with Gasteiger partial charge < -0.3 is 9.80 Å². The van der Waals surface area contributed by atoms with Gasteiger partial charge in [-0.2, -0.15) is 5.10 Å². The van der Waals surface area contributed by atoms with Crippen molar-refractivity contribution in [2.75, 3.05) is 31.1 Å². The molecule has 0 aliphatic carbocycles. The summed E-state index contributed by atoms with van der Waals surface area (Å²) in [6, 6.07) is 12.8. The molecule has 1 atom stereocenters. The van der Waals surface area contributed by atoms with Crippen LogP contribution in [0.3, 0.4) is 0 Å². The number of imide groups is 1. The second kappa shape index (κ2) is 15.6. The topological polar surface area (TPSA) is 151 Å². The van der Waals surface area contributed by atoms with E-state index in [2.05, 4.69) is 33.2 Å². The Hall–Kier alpha value is -5.42. The Morgan fingerprint density at radius 1 is 1.05 bits per heavy atom. The smallest absolute Gasteiger partial charge is 0.255 e. The van der Waals surface area contributed by atoms with Gasteiger partial charge in [-0.05, 0) is 93.4 Å². The van der Waals surface area contributed by atoms with Gasteiger partial charge in [-0.15, -0.1) is 11.3 Å². The van der Waals surface area contributed by atoms with Crippen molar-refractivity contribution in [2.24, 2.45) is 10.9 Å². The first-order chi connectivity index (χ1) is 27.0. The lowest BCUT2D eigenvalue weighted by Gasteiger charge is -2.32. The van der Waals surface area contributed by atoms with Gasteiger partial charge in [0.05, 0.1) is 35.4 Å². The number of aromatic nitrogens is 2. The lowest BCUT2D eigenvalue weighted by molar-refractivity contribution is -0.136. The van der Waals surface area contributed by atoms with E-state index in [-0.39, 0.29) is 42.4 Å². The van der Waals surface area contributed by atoms with Crippen LogP contribution in [0.25, 0.3) is 0 Å². The fraction of sp³-hybridized carbons (Fsp3) is 0.357. The number of carbonyl (C=O) groups excluding carboxylic acids is 3. The average molecular weight is 788 g/mol. The highest BCUT2D eigenvalue weighted by Crippen LogP contribution is 2.39.